The molecule has 3 rings (SSSR count). The zero-order chi connectivity index (χ0) is 17.0. The highest BCUT2D eigenvalue weighted by Gasteiger charge is 2.28. The Kier molecular flexibility index (Phi) is 7.12. The molecule has 138 valence electrons. The molecular weight excluding hydrogens is 451 g/mol. The summed E-state index contributed by atoms with van der Waals surface area (Å²) in [6.45, 7) is 2.56. The molecule has 2 heterocycles. The molecule has 1 saturated heterocycles. The summed E-state index contributed by atoms with van der Waals surface area (Å²) in [7, 11) is -1.19. The summed E-state index contributed by atoms with van der Waals surface area (Å²) in [5.74, 6) is 1.09. The van der Waals surface area contributed by atoms with Crippen molar-refractivity contribution < 1.29 is 8.42 Å². The van der Waals surface area contributed by atoms with Crippen molar-refractivity contribution in [2.24, 2.45) is 4.99 Å². The average molecular weight is 476 g/mol. The van der Waals surface area contributed by atoms with Crippen LogP contribution in [0.5, 0.6) is 0 Å². The second-order valence-corrected chi connectivity index (χ2v) is 8.45. The van der Waals surface area contributed by atoms with E-state index in [0.717, 1.165) is 13.1 Å². The maximum Gasteiger partial charge on any atom is 0.191 e. The van der Waals surface area contributed by atoms with E-state index in [1.165, 1.54) is 11.3 Å². The molecule has 8 heteroatoms. The topological polar surface area (TPSA) is 73.8 Å². The van der Waals surface area contributed by atoms with Crippen LogP contribution in [0.25, 0.3) is 0 Å². The van der Waals surface area contributed by atoms with E-state index >= 15 is 0 Å². The third-order valence-corrected chi connectivity index (χ3v) is 6.12. The van der Waals surface area contributed by atoms with Crippen LogP contribution < -0.4 is 15.5 Å². The highest BCUT2D eigenvalue weighted by Crippen LogP contribution is 2.18. The van der Waals surface area contributed by atoms with Gasteiger partial charge >= 0.3 is 0 Å². The molecule has 2 aliphatic heterocycles. The number of anilines is 1. The van der Waals surface area contributed by atoms with Gasteiger partial charge in [-0.1, -0.05) is 24.3 Å². The number of nitrogens with zero attached hydrogens (tertiary/aromatic N) is 2. The molecule has 1 unspecified atom stereocenters. The number of nitrogens with one attached hydrogen (secondary N) is 2. The Bertz CT molecular complexity index is 741. The predicted octanol–water partition coefficient (Wildman–Crippen LogP) is 1.53. The van der Waals surface area contributed by atoms with Gasteiger partial charge in [0, 0.05) is 38.4 Å². The number of aliphatic imine (C=N–C) groups is 1. The molecule has 25 heavy (non-hydrogen) atoms. The lowest BCUT2D eigenvalue weighted by atomic mass is 10.2. The van der Waals surface area contributed by atoms with Crippen molar-refractivity contribution in [1.29, 1.82) is 0 Å². The number of halogens is 1. The van der Waals surface area contributed by atoms with Gasteiger partial charge in [-0.05, 0) is 24.1 Å². The zero-order valence-corrected chi connectivity index (χ0v) is 17.5. The molecule has 0 amide bonds. The molecule has 0 radical (unpaired) electrons. The fourth-order valence-corrected chi connectivity index (χ4v) is 4.71. The summed E-state index contributed by atoms with van der Waals surface area (Å²) in [5.41, 5.74) is 2.38. The second-order valence-electron chi connectivity index (χ2n) is 6.22. The standard InChI is InChI=1S/C17H24N4O2S.HI/c1-18-17(20-15-7-10-24(22,23)13-15)19-12-14-5-4-6-16(11-14)21-8-2-3-9-21;/h2-6,11,15H,7-10,12-13H2,1H3,(H2,18,19,20);1H. The molecule has 1 atom stereocenters. The summed E-state index contributed by atoms with van der Waals surface area (Å²) in [5, 5.41) is 6.47. The van der Waals surface area contributed by atoms with E-state index in [4.69, 9.17) is 0 Å². The third-order valence-electron chi connectivity index (χ3n) is 4.35. The van der Waals surface area contributed by atoms with Gasteiger partial charge in [0.2, 0.25) is 0 Å². The Morgan fingerprint density at radius 2 is 2.08 bits per heavy atom. The summed E-state index contributed by atoms with van der Waals surface area (Å²) in [6, 6.07) is 8.38. The van der Waals surface area contributed by atoms with Gasteiger partial charge in [0.15, 0.2) is 15.8 Å². The Morgan fingerprint density at radius 1 is 1.32 bits per heavy atom. The molecule has 1 aromatic rings. The minimum Gasteiger partial charge on any atom is -0.364 e. The molecule has 2 N–H and O–H groups in total. The van der Waals surface area contributed by atoms with Gasteiger partial charge in [0.25, 0.3) is 0 Å². The summed E-state index contributed by atoms with van der Waals surface area (Å²) in [6.07, 6.45) is 4.99. The largest absolute Gasteiger partial charge is 0.364 e. The number of benzene rings is 1. The van der Waals surface area contributed by atoms with E-state index in [1.54, 1.807) is 7.05 Å². The van der Waals surface area contributed by atoms with Crippen molar-refractivity contribution in [3.63, 3.8) is 0 Å². The molecule has 0 aliphatic carbocycles. The van der Waals surface area contributed by atoms with Crippen LogP contribution in [-0.2, 0) is 16.4 Å². The van der Waals surface area contributed by atoms with Crippen molar-refractivity contribution in [1.82, 2.24) is 10.6 Å². The van der Waals surface area contributed by atoms with Crippen LogP contribution in [0.3, 0.4) is 0 Å². The van der Waals surface area contributed by atoms with Gasteiger partial charge in [0.1, 0.15) is 0 Å². The van der Waals surface area contributed by atoms with Crippen molar-refractivity contribution >= 4 is 45.5 Å². The van der Waals surface area contributed by atoms with E-state index < -0.39 is 9.84 Å². The fraction of sp³-hybridized carbons (Fsp3) is 0.471. The summed E-state index contributed by atoms with van der Waals surface area (Å²) >= 11 is 0. The van der Waals surface area contributed by atoms with Crippen LogP contribution in [-0.4, -0.2) is 52.1 Å². The van der Waals surface area contributed by atoms with Crippen molar-refractivity contribution in [2.45, 2.75) is 19.0 Å². The molecule has 0 saturated carbocycles. The highest BCUT2D eigenvalue weighted by atomic mass is 127. The van der Waals surface area contributed by atoms with E-state index in [1.807, 2.05) is 0 Å². The van der Waals surface area contributed by atoms with Gasteiger partial charge in [-0.15, -0.1) is 24.0 Å². The molecule has 1 fully saturated rings. The maximum atomic E-state index is 11.5. The van der Waals surface area contributed by atoms with Gasteiger partial charge < -0.3 is 15.5 Å². The number of guanidine groups is 1. The third kappa shape index (κ3) is 5.60. The summed E-state index contributed by atoms with van der Waals surface area (Å²) < 4.78 is 23.1. The molecule has 6 nitrogen and oxygen atoms in total. The summed E-state index contributed by atoms with van der Waals surface area (Å²) in [4.78, 5) is 6.50. The van der Waals surface area contributed by atoms with Crippen molar-refractivity contribution in [3.05, 3.63) is 42.0 Å². The Morgan fingerprint density at radius 3 is 2.72 bits per heavy atom. The first kappa shape index (κ1) is 20.0. The minimum atomic E-state index is -2.89. The lowest BCUT2D eigenvalue weighted by molar-refractivity contribution is 0.599. The maximum absolute atomic E-state index is 11.5. The van der Waals surface area contributed by atoms with E-state index in [-0.39, 0.29) is 41.5 Å². The minimum absolute atomic E-state index is 0. The van der Waals surface area contributed by atoms with Crippen LogP contribution in [0.2, 0.25) is 0 Å². The monoisotopic (exact) mass is 476 g/mol. The second kappa shape index (κ2) is 8.88. The predicted molar refractivity (Wildman–Crippen MR) is 114 cm³/mol. The molecule has 1 aromatic carbocycles. The molecule has 2 aliphatic rings. The smallest absolute Gasteiger partial charge is 0.191 e. The quantitative estimate of drug-likeness (QED) is 0.299. The SMILES string of the molecule is CN=C(NCc1cccc(N2CC=CC2)c1)NC1CCS(=O)(=O)C1.I. The molecular formula is C17H25IN4O2S. The Hall–Kier alpha value is -1.29. The van der Waals surface area contributed by atoms with E-state index in [2.05, 4.69) is 56.9 Å². The number of hydrogen-bond acceptors (Lipinski definition) is 4. The Balaban J connectivity index is 0.00000225. The van der Waals surface area contributed by atoms with E-state index in [0.29, 0.717) is 18.9 Å². The highest BCUT2D eigenvalue weighted by molar-refractivity contribution is 14.0. The van der Waals surface area contributed by atoms with Crippen molar-refractivity contribution in [2.75, 3.05) is 36.5 Å². The number of rotatable bonds is 4. The lowest BCUT2D eigenvalue weighted by Crippen LogP contribution is -2.43. The first-order valence-corrected chi connectivity index (χ1v) is 10.0. The lowest BCUT2D eigenvalue weighted by Gasteiger charge is -2.19. The average Bonchev–Trinajstić information content (AvgIpc) is 3.21. The number of sulfone groups is 1. The van der Waals surface area contributed by atoms with E-state index in [9.17, 15) is 8.42 Å². The van der Waals surface area contributed by atoms with Crippen LogP contribution in [0.1, 0.15) is 12.0 Å². The van der Waals surface area contributed by atoms with Crippen LogP contribution in [0.4, 0.5) is 5.69 Å². The normalized spacial score (nSPS) is 21.9. The van der Waals surface area contributed by atoms with Gasteiger partial charge in [-0.3, -0.25) is 4.99 Å². The number of hydrogen-bond donors (Lipinski definition) is 2. The molecule has 0 spiro atoms. The van der Waals surface area contributed by atoms with Crippen molar-refractivity contribution in [3.8, 4) is 0 Å². The fourth-order valence-electron chi connectivity index (χ4n) is 3.03. The first-order valence-electron chi connectivity index (χ1n) is 8.22. The molecule has 0 aromatic heterocycles. The van der Waals surface area contributed by atoms with Crippen LogP contribution in [0.15, 0.2) is 41.4 Å². The van der Waals surface area contributed by atoms with Crippen LogP contribution >= 0.6 is 24.0 Å². The zero-order valence-electron chi connectivity index (χ0n) is 14.3. The van der Waals surface area contributed by atoms with Gasteiger partial charge in [-0.2, -0.15) is 0 Å². The molecule has 0 bridgehead atoms. The Labute approximate surface area is 166 Å². The van der Waals surface area contributed by atoms with Gasteiger partial charge in [0.05, 0.1) is 11.5 Å². The van der Waals surface area contributed by atoms with Gasteiger partial charge in [-0.25, -0.2) is 8.42 Å². The first-order chi connectivity index (χ1) is 11.6. The van der Waals surface area contributed by atoms with Crippen LogP contribution in [0, 0.1) is 0 Å².